The Labute approximate surface area is 119 Å². The van der Waals surface area contributed by atoms with Crippen molar-refractivity contribution in [1.29, 1.82) is 0 Å². The second kappa shape index (κ2) is 5.90. The Bertz CT molecular complexity index is 588. The molecule has 1 aromatic carbocycles. The molecule has 1 aliphatic heterocycles. The number of carbonyl (C=O) groups is 3. The van der Waals surface area contributed by atoms with Crippen molar-refractivity contribution in [1.82, 2.24) is 4.90 Å². The Hall–Kier alpha value is -2.44. The molecule has 6 nitrogen and oxygen atoms in total. The molecule has 112 valence electrons. The molecule has 1 saturated heterocycles. The average molecular weight is 295 g/mol. The first-order valence-electron chi connectivity index (χ1n) is 6.38. The number of amides is 1. The van der Waals surface area contributed by atoms with Crippen molar-refractivity contribution < 1.29 is 29.0 Å². The van der Waals surface area contributed by atoms with E-state index in [1.54, 1.807) is 6.07 Å². The number of hydrogen-bond acceptors (Lipinski definition) is 3. The molecule has 1 aromatic rings. The van der Waals surface area contributed by atoms with Crippen LogP contribution in [0.1, 0.15) is 12.0 Å². The summed E-state index contributed by atoms with van der Waals surface area (Å²) in [5.41, 5.74) is 0.439. The largest absolute Gasteiger partial charge is 0.481 e. The Kier molecular flexibility index (Phi) is 4.21. The maximum absolute atomic E-state index is 13.1. The smallest absolute Gasteiger partial charge is 0.326 e. The highest BCUT2D eigenvalue weighted by atomic mass is 19.1. The minimum Gasteiger partial charge on any atom is -0.481 e. The minimum atomic E-state index is -1.24. The molecule has 0 spiro atoms. The van der Waals surface area contributed by atoms with E-state index in [2.05, 4.69) is 0 Å². The molecule has 2 rings (SSSR count). The van der Waals surface area contributed by atoms with Crippen LogP contribution in [-0.4, -0.2) is 45.5 Å². The van der Waals surface area contributed by atoms with Crippen molar-refractivity contribution in [3.63, 3.8) is 0 Å². The van der Waals surface area contributed by atoms with Gasteiger partial charge in [0.2, 0.25) is 5.91 Å². The van der Waals surface area contributed by atoms with Gasteiger partial charge >= 0.3 is 11.9 Å². The molecule has 0 bridgehead atoms. The lowest BCUT2D eigenvalue weighted by atomic mass is 10.0. The summed E-state index contributed by atoms with van der Waals surface area (Å²) >= 11 is 0. The summed E-state index contributed by atoms with van der Waals surface area (Å²) in [6, 6.07) is 4.26. The topological polar surface area (TPSA) is 94.9 Å². The number of halogens is 1. The summed E-state index contributed by atoms with van der Waals surface area (Å²) in [4.78, 5) is 35.1. The van der Waals surface area contributed by atoms with Crippen molar-refractivity contribution in [3.8, 4) is 0 Å². The lowest BCUT2D eigenvalue weighted by molar-refractivity contribution is -0.148. The highest BCUT2D eigenvalue weighted by Crippen LogP contribution is 2.22. The van der Waals surface area contributed by atoms with Crippen LogP contribution in [0.4, 0.5) is 4.39 Å². The zero-order valence-corrected chi connectivity index (χ0v) is 11.0. The molecular weight excluding hydrogens is 281 g/mol. The van der Waals surface area contributed by atoms with Crippen LogP contribution in [0.3, 0.4) is 0 Å². The van der Waals surface area contributed by atoms with Crippen LogP contribution >= 0.6 is 0 Å². The van der Waals surface area contributed by atoms with Crippen molar-refractivity contribution in [2.24, 2.45) is 5.92 Å². The fourth-order valence-corrected chi connectivity index (χ4v) is 2.42. The first-order chi connectivity index (χ1) is 9.88. The summed E-state index contributed by atoms with van der Waals surface area (Å²) in [6.45, 7) is -0.138. The van der Waals surface area contributed by atoms with Crippen molar-refractivity contribution in [2.75, 3.05) is 6.54 Å². The van der Waals surface area contributed by atoms with Crippen LogP contribution in [-0.2, 0) is 20.8 Å². The molecule has 1 amide bonds. The molecule has 0 aliphatic carbocycles. The number of carbonyl (C=O) groups excluding carboxylic acids is 1. The standard InChI is InChI=1S/C14H14FNO5/c15-10-3-1-2-8(4-10)5-11(14(20)21)16-7-9(13(18)19)6-12(16)17/h1-4,9,11H,5-7H2,(H,18,19)(H,20,21)/t9?,11-/m0/s1. The minimum absolute atomic E-state index is 0.0643. The number of hydrogen-bond donors (Lipinski definition) is 2. The van der Waals surface area contributed by atoms with E-state index < -0.39 is 35.6 Å². The SMILES string of the molecule is O=C(O)C1CC(=O)N([C@@H](Cc2cccc(F)c2)C(=O)O)C1. The Balaban J connectivity index is 2.18. The average Bonchev–Trinajstić information content (AvgIpc) is 2.78. The molecule has 0 aromatic heterocycles. The van der Waals surface area contributed by atoms with Gasteiger partial charge in [-0.15, -0.1) is 0 Å². The molecule has 1 heterocycles. The maximum atomic E-state index is 13.1. The molecular formula is C14H14FNO5. The summed E-state index contributed by atoms with van der Waals surface area (Å²) in [5, 5.41) is 18.2. The second-order valence-electron chi connectivity index (χ2n) is 4.97. The molecule has 1 unspecified atom stereocenters. The molecule has 1 fully saturated rings. The van der Waals surface area contributed by atoms with E-state index in [0.717, 1.165) is 4.90 Å². The molecule has 7 heteroatoms. The molecule has 1 aliphatic rings. The fourth-order valence-electron chi connectivity index (χ4n) is 2.42. The van der Waals surface area contributed by atoms with Crippen molar-refractivity contribution >= 4 is 17.8 Å². The number of carboxylic acid groups (broad SMARTS) is 2. The third kappa shape index (κ3) is 3.36. The normalized spacial score (nSPS) is 19.6. The van der Waals surface area contributed by atoms with Gasteiger partial charge in [0.1, 0.15) is 11.9 Å². The van der Waals surface area contributed by atoms with Gasteiger partial charge in [0.25, 0.3) is 0 Å². The highest BCUT2D eigenvalue weighted by Gasteiger charge is 2.40. The summed E-state index contributed by atoms with van der Waals surface area (Å²) in [5.74, 6) is -4.26. The summed E-state index contributed by atoms with van der Waals surface area (Å²) < 4.78 is 13.1. The quantitative estimate of drug-likeness (QED) is 0.836. The molecule has 0 radical (unpaired) electrons. The van der Waals surface area contributed by atoms with E-state index in [1.807, 2.05) is 0 Å². The van der Waals surface area contributed by atoms with Crippen LogP contribution in [0.5, 0.6) is 0 Å². The Morgan fingerprint density at radius 1 is 1.38 bits per heavy atom. The van der Waals surface area contributed by atoms with Crippen LogP contribution in [0.15, 0.2) is 24.3 Å². The monoisotopic (exact) mass is 295 g/mol. The van der Waals surface area contributed by atoms with E-state index in [9.17, 15) is 23.9 Å². The third-order valence-corrected chi connectivity index (χ3v) is 3.49. The van der Waals surface area contributed by atoms with Crippen LogP contribution in [0.2, 0.25) is 0 Å². The number of carboxylic acids is 2. The van der Waals surface area contributed by atoms with E-state index >= 15 is 0 Å². The number of rotatable bonds is 5. The molecule has 2 atom stereocenters. The van der Waals surface area contributed by atoms with Gasteiger partial charge in [-0.25, -0.2) is 9.18 Å². The number of benzene rings is 1. The van der Waals surface area contributed by atoms with E-state index in [4.69, 9.17) is 5.11 Å². The lowest BCUT2D eigenvalue weighted by Crippen LogP contribution is -2.44. The predicted octanol–water partition coefficient (Wildman–Crippen LogP) is 0.754. The van der Waals surface area contributed by atoms with Crippen LogP contribution in [0, 0.1) is 11.7 Å². The van der Waals surface area contributed by atoms with Crippen molar-refractivity contribution in [3.05, 3.63) is 35.6 Å². The van der Waals surface area contributed by atoms with Gasteiger partial charge in [0.15, 0.2) is 0 Å². The Morgan fingerprint density at radius 3 is 2.62 bits per heavy atom. The van der Waals surface area contributed by atoms with Gasteiger partial charge < -0.3 is 15.1 Å². The van der Waals surface area contributed by atoms with Crippen molar-refractivity contribution in [2.45, 2.75) is 18.9 Å². The van der Waals surface area contributed by atoms with E-state index in [0.29, 0.717) is 5.56 Å². The van der Waals surface area contributed by atoms with Gasteiger partial charge in [-0.2, -0.15) is 0 Å². The second-order valence-corrected chi connectivity index (χ2v) is 4.97. The zero-order valence-electron chi connectivity index (χ0n) is 11.0. The molecule has 0 saturated carbocycles. The zero-order chi connectivity index (χ0) is 15.6. The van der Waals surface area contributed by atoms with E-state index in [-0.39, 0.29) is 19.4 Å². The predicted molar refractivity (Wildman–Crippen MR) is 69.0 cm³/mol. The van der Waals surface area contributed by atoms with Crippen LogP contribution < -0.4 is 0 Å². The first kappa shape index (κ1) is 15.0. The third-order valence-electron chi connectivity index (χ3n) is 3.49. The van der Waals surface area contributed by atoms with Gasteiger partial charge in [-0.1, -0.05) is 12.1 Å². The summed E-state index contributed by atoms with van der Waals surface area (Å²) in [6.07, 6.45) is -0.270. The number of likely N-dealkylation sites (tertiary alicyclic amines) is 1. The molecule has 2 N–H and O–H groups in total. The number of nitrogens with zero attached hydrogens (tertiary/aromatic N) is 1. The molecule has 21 heavy (non-hydrogen) atoms. The highest BCUT2D eigenvalue weighted by molar-refractivity contribution is 5.89. The lowest BCUT2D eigenvalue weighted by Gasteiger charge is -2.24. The van der Waals surface area contributed by atoms with Crippen LogP contribution in [0.25, 0.3) is 0 Å². The van der Waals surface area contributed by atoms with Gasteiger partial charge in [0.05, 0.1) is 5.92 Å². The maximum Gasteiger partial charge on any atom is 0.326 e. The first-order valence-corrected chi connectivity index (χ1v) is 6.38. The number of aliphatic carboxylic acids is 2. The Morgan fingerprint density at radius 2 is 2.10 bits per heavy atom. The van der Waals surface area contributed by atoms with E-state index in [1.165, 1.54) is 18.2 Å². The van der Waals surface area contributed by atoms with Gasteiger partial charge in [0, 0.05) is 19.4 Å². The van der Waals surface area contributed by atoms with Gasteiger partial charge in [-0.3, -0.25) is 9.59 Å². The fraction of sp³-hybridized carbons (Fsp3) is 0.357. The van der Waals surface area contributed by atoms with Gasteiger partial charge in [-0.05, 0) is 17.7 Å². The summed E-state index contributed by atoms with van der Waals surface area (Å²) in [7, 11) is 0.